The van der Waals surface area contributed by atoms with Crippen molar-refractivity contribution in [3.8, 4) is 0 Å². The van der Waals surface area contributed by atoms with Gasteiger partial charge in [0.15, 0.2) is 0 Å². The van der Waals surface area contributed by atoms with Crippen molar-refractivity contribution in [1.29, 1.82) is 0 Å². The molecule has 1 rings (SSSR count). The van der Waals surface area contributed by atoms with Crippen molar-refractivity contribution in [2.24, 2.45) is 0 Å². The minimum Gasteiger partial charge on any atom is -0.305 e. The standard InChI is InChI=1S/C12H18N2/c1-4-10(3)14-9-12-11(5-2)7-6-8-13-12/h4,6-8,10,14H,1,5,9H2,2-3H3. The summed E-state index contributed by atoms with van der Waals surface area (Å²) in [6.07, 6.45) is 4.77. The van der Waals surface area contributed by atoms with Crippen LogP contribution in [0.3, 0.4) is 0 Å². The first-order valence-electron chi connectivity index (χ1n) is 5.06. The Kier molecular flexibility index (Phi) is 4.33. The Morgan fingerprint density at radius 1 is 1.64 bits per heavy atom. The monoisotopic (exact) mass is 190 g/mol. The highest BCUT2D eigenvalue weighted by atomic mass is 14.9. The van der Waals surface area contributed by atoms with Crippen molar-refractivity contribution < 1.29 is 0 Å². The van der Waals surface area contributed by atoms with Gasteiger partial charge in [0.25, 0.3) is 0 Å². The third kappa shape index (κ3) is 2.96. The van der Waals surface area contributed by atoms with Gasteiger partial charge in [-0.3, -0.25) is 4.98 Å². The molecule has 2 nitrogen and oxygen atoms in total. The molecule has 0 aliphatic rings. The Bertz CT molecular complexity index is 294. The van der Waals surface area contributed by atoms with Crippen molar-refractivity contribution in [1.82, 2.24) is 10.3 Å². The lowest BCUT2D eigenvalue weighted by Gasteiger charge is -2.10. The highest BCUT2D eigenvalue weighted by Crippen LogP contribution is 2.05. The summed E-state index contributed by atoms with van der Waals surface area (Å²) in [5.74, 6) is 0. The van der Waals surface area contributed by atoms with E-state index in [2.05, 4.69) is 36.8 Å². The largest absolute Gasteiger partial charge is 0.305 e. The molecule has 0 saturated heterocycles. The smallest absolute Gasteiger partial charge is 0.0573 e. The van der Waals surface area contributed by atoms with Crippen molar-refractivity contribution in [3.63, 3.8) is 0 Å². The van der Waals surface area contributed by atoms with E-state index in [-0.39, 0.29) is 0 Å². The quantitative estimate of drug-likeness (QED) is 0.721. The lowest BCUT2D eigenvalue weighted by Crippen LogP contribution is -2.24. The van der Waals surface area contributed by atoms with Crippen molar-refractivity contribution in [2.45, 2.75) is 32.9 Å². The molecular formula is C12H18N2. The second-order valence-corrected chi connectivity index (χ2v) is 3.37. The number of aromatic nitrogens is 1. The van der Waals surface area contributed by atoms with Gasteiger partial charge in [0.2, 0.25) is 0 Å². The average molecular weight is 190 g/mol. The van der Waals surface area contributed by atoms with Gasteiger partial charge in [-0.1, -0.05) is 19.1 Å². The van der Waals surface area contributed by atoms with Crippen molar-refractivity contribution in [2.75, 3.05) is 0 Å². The Balaban J connectivity index is 2.61. The minimum absolute atomic E-state index is 0.335. The zero-order valence-corrected chi connectivity index (χ0v) is 8.96. The molecule has 1 aromatic rings. The van der Waals surface area contributed by atoms with E-state index in [1.807, 2.05) is 18.3 Å². The fourth-order valence-corrected chi connectivity index (χ4v) is 1.29. The van der Waals surface area contributed by atoms with Gasteiger partial charge in [-0.05, 0) is 25.0 Å². The minimum atomic E-state index is 0.335. The van der Waals surface area contributed by atoms with Crippen LogP contribution in [0.2, 0.25) is 0 Å². The molecule has 0 aromatic carbocycles. The average Bonchev–Trinajstić information content (AvgIpc) is 2.26. The summed E-state index contributed by atoms with van der Waals surface area (Å²) in [6.45, 7) is 8.78. The first-order chi connectivity index (χ1) is 6.77. The molecule has 0 radical (unpaired) electrons. The molecule has 1 N–H and O–H groups in total. The summed E-state index contributed by atoms with van der Waals surface area (Å²) >= 11 is 0. The molecule has 0 amide bonds. The van der Waals surface area contributed by atoms with Gasteiger partial charge in [-0.15, -0.1) is 6.58 Å². The fraction of sp³-hybridized carbons (Fsp3) is 0.417. The molecule has 1 unspecified atom stereocenters. The summed E-state index contributed by atoms with van der Waals surface area (Å²) in [6, 6.07) is 4.45. The van der Waals surface area contributed by atoms with E-state index >= 15 is 0 Å². The van der Waals surface area contributed by atoms with Crippen LogP contribution in [0.1, 0.15) is 25.1 Å². The van der Waals surface area contributed by atoms with E-state index in [0.717, 1.165) is 18.7 Å². The normalized spacial score (nSPS) is 12.4. The van der Waals surface area contributed by atoms with Gasteiger partial charge in [0.05, 0.1) is 5.69 Å². The van der Waals surface area contributed by atoms with Crippen molar-refractivity contribution in [3.05, 3.63) is 42.2 Å². The van der Waals surface area contributed by atoms with Gasteiger partial charge in [0, 0.05) is 18.8 Å². The number of aryl methyl sites for hydroxylation is 1. The second kappa shape index (κ2) is 5.55. The molecule has 1 aromatic heterocycles. The first kappa shape index (κ1) is 10.9. The predicted molar refractivity (Wildman–Crippen MR) is 60.1 cm³/mol. The van der Waals surface area contributed by atoms with Gasteiger partial charge in [0.1, 0.15) is 0 Å². The van der Waals surface area contributed by atoms with E-state index in [9.17, 15) is 0 Å². The number of nitrogens with zero attached hydrogens (tertiary/aromatic N) is 1. The topological polar surface area (TPSA) is 24.9 Å². The molecule has 0 aliphatic heterocycles. The van der Waals surface area contributed by atoms with Gasteiger partial charge >= 0.3 is 0 Å². The van der Waals surface area contributed by atoms with Crippen LogP contribution in [0.15, 0.2) is 31.0 Å². The molecule has 14 heavy (non-hydrogen) atoms. The molecule has 0 aliphatic carbocycles. The van der Waals surface area contributed by atoms with Crippen LogP contribution in [0.4, 0.5) is 0 Å². The summed E-state index contributed by atoms with van der Waals surface area (Å²) in [5, 5.41) is 3.34. The highest BCUT2D eigenvalue weighted by molar-refractivity contribution is 5.19. The third-order valence-corrected chi connectivity index (χ3v) is 2.31. The van der Waals surface area contributed by atoms with Gasteiger partial charge < -0.3 is 5.32 Å². The maximum atomic E-state index is 4.36. The first-order valence-corrected chi connectivity index (χ1v) is 5.06. The van der Waals surface area contributed by atoms with E-state index in [0.29, 0.717) is 6.04 Å². The molecule has 2 heteroatoms. The Morgan fingerprint density at radius 3 is 3.07 bits per heavy atom. The SMILES string of the molecule is C=CC(C)NCc1ncccc1CC. The van der Waals surface area contributed by atoms with E-state index in [4.69, 9.17) is 0 Å². The van der Waals surface area contributed by atoms with E-state index in [1.54, 1.807) is 0 Å². The summed E-state index contributed by atoms with van der Waals surface area (Å²) < 4.78 is 0. The van der Waals surface area contributed by atoms with Crippen LogP contribution in [-0.2, 0) is 13.0 Å². The fourth-order valence-electron chi connectivity index (χ4n) is 1.29. The molecular weight excluding hydrogens is 172 g/mol. The molecule has 1 heterocycles. The van der Waals surface area contributed by atoms with E-state index in [1.165, 1.54) is 5.56 Å². The van der Waals surface area contributed by atoms with Crippen LogP contribution < -0.4 is 5.32 Å². The van der Waals surface area contributed by atoms with Crippen LogP contribution >= 0.6 is 0 Å². The molecule has 76 valence electrons. The zero-order chi connectivity index (χ0) is 10.4. The number of nitrogens with one attached hydrogen (secondary N) is 1. The number of pyridine rings is 1. The molecule has 0 spiro atoms. The highest BCUT2D eigenvalue weighted by Gasteiger charge is 2.01. The lowest BCUT2D eigenvalue weighted by atomic mass is 10.1. The number of hydrogen-bond acceptors (Lipinski definition) is 2. The Hall–Kier alpha value is -1.15. The zero-order valence-electron chi connectivity index (χ0n) is 8.96. The Labute approximate surface area is 86.1 Å². The van der Waals surface area contributed by atoms with Crippen molar-refractivity contribution >= 4 is 0 Å². The van der Waals surface area contributed by atoms with Gasteiger partial charge in [-0.25, -0.2) is 0 Å². The molecule has 0 fully saturated rings. The van der Waals surface area contributed by atoms with E-state index < -0.39 is 0 Å². The lowest BCUT2D eigenvalue weighted by molar-refractivity contribution is 0.620. The summed E-state index contributed by atoms with van der Waals surface area (Å²) in [5.41, 5.74) is 2.46. The molecule has 0 bridgehead atoms. The maximum absolute atomic E-state index is 4.36. The second-order valence-electron chi connectivity index (χ2n) is 3.37. The van der Waals surface area contributed by atoms with Crippen LogP contribution in [0.5, 0.6) is 0 Å². The summed E-state index contributed by atoms with van der Waals surface area (Å²) in [4.78, 5) is 4.36. The Morgan fingerprint density at radius 2 is 2.43 bits per heavy atom. The van der Waals surface area contributed by atoms with Crippen LogP contribution in [0.25, 0.3) is 0 Å². The van der Waals surface area contributed by atoms with Crippen LogP contribution in [-0.4, -0.2) is 11.0 Å². The summed E-state index contributed by atoms with van der Waals surface area (Å²) in [7, 11) is 0. The third-order valence-electron chi connectivity index (χ3n) is 2.31. The number of rotatable bonds is 5. The van der Waals surface area contributed by atoms with Crippen LogP contribution in [0, 0.1) is 0 Å². The molecule has 0 saturated carbocycles. The van der Waals surface area contributed by atoms with Gasteiger partial charge in [-0.2, -0.15) is 0 Å². The maximum Gasteiger partial charge on any atom is 0.0573 e. The predicted octanol–water partition coefficient (Wildman–Crippen LogP) is 2.31. The molecule has 1 atom stereocenters. The number of hydrogen-bond donors (Lipinski definition) is 1.